The van der Waals surface area contributed by atoms with Crippen LogP contribution in [0.25, 0.3) is 0 Å². The molecule has 0 aromatic heterocycles. The van der Waals surface area contributed by atoms with E-state index >= 15 is 0 Å². The van der Waals surface area contributed by atoms with Crippen molar-refractivity contribution < 1.29 is 108 Å². The Morgan fingerprint density at radius 2 is 1.08 bits per heavy atom. The Hall–Kier alpha value is -8.68. The van der Waals surface area contributed by atoms with Gasteiger partial charge in [0, 0.05) is 25.9 Å². The van der Waals surface area contributed by atoms with Crippen molar-refractivity contribution >= 4 is 82.8 Å². The number of phenolic OH excluding ortho intramolecular Hbond substituents is 1. The molecule has 3 heterocycles. The van der Waals surface area contributed by atoms with E-state index in [1.54, 1.807) is 13.8 Å². The highest BCUT2D eigenvalue weighted by Crippen LogP contribution is 2.25. The monoisotopic (exact) mass is 1530 g/mol. The number of unbranched alkanes of at least 4 members (excludes halogenated alkanes) is 10. The van der Waals surface area contributed by atoms with Gasteiger partial charge in [-0.25, -0.2) is 4.79 Å². The highest BCUT2D eigenvalue weighted by atomic mass is 16.5. The van der Waals surface area contributed by atoms with E-state index in [-0.39, 0.29) is 63.8 Å². The molecule has 21 N–H and O–H groups in total. The normalized spacial score (nSPS) is 27.6. The first kappa shape index (κ1) is 91.7. The van der Waals surface area contributed by atoms with Crippen molar-refractivity contribution in [2.75, 3.05) is 26.2 Å². The molecule has 18 unspecified atom stereocenters. The summed E-state index contributed by atoms with van der Waals surface area (Å²) in [6, 6.07) is -12.9. The third kappa shape index (κ3) is 29.7. The second-order valence-corrected chi connectivity index (χ2v) is 28.9. The molecule has 3 aliphatic rings. The predicted molar refractivity (Wildman–Crippen MR) is 389 cm³/mol. The second-order valence-electron chi connectivity index (χ2n) is 28.9. The third-order valence-corrected chi connectivity index (χ3v) is 19.2. The number of nitrogens with two attached hydrogens (primary N) is 2. The van der Waals surface area contributed by atoms with E-state index in [1.165, 1.54) is 57.9 Å². The number of esters is 1. The van der Waals surface area contributed by atoms with Gasteiger partial charge in [0.05, 0.1) is 62.1 Å². The van der Waals surface area contributed by atoms with Crippen LogP contribution in [0.4, 0.5) is 0 Å². The molecule has 0 saturated carbocycles. The fourth-order valence-electron chi connectivity index (χ4n) is 12.9. The molecule has 108 heavy (non-hydrogen) atoms. The van der Waals surface area contributed by atoms with Crippen molar-refractivity contribution in [3.05, 3.63) is 29.8 Å². The zero-order valence-corrected chi connectivity index (χ0v) is 63.3. The van der Waals surface area contributed by atoms with Crippen molar-refractivity contribution in [2.45, 2.75) is 299 Å². The molecule has 608 valence electrons. The second kappa shape index (κ2) is 46.0. The van der Waals surface area contributed by atoms with Gasteiger partial charge in [0.1, 0.15) is 72.3 Å². The number of fused-ring (bicyclic) bond motifs is 2. The molecule has 18 atom stereocenters. The fourth-order valence-corrected chi connectivity index (χ4v) is 12.9. The first-order chi connectivity index (χ1) is 51.0. The summed E-state index contributed by atoms with van der Waals surface area (Å²) in [4.78, 5) is 198. The van der Waals surface area contributed by atoms with Crippen LogP contribution in [-0.2, 0) is 78.3 Å². The van der Waals surface area contributed by atoms with Gasteiger partial charge in [0.2, 0.25) is 76.8 Å². The number of amides is 13. The molecular formula is C72H118N14O22. The molecule has 3 aliphatic heterocycles. The molecule has 36 nitrogen and oxygen atoms in total. The first-order valence-corrected chi connectivity index (χ1v) is 37.6. The smallest absolute Gasteiger partial charge is 0.328 e. The zero-order chi connectivity index (χ0) is 80.6. The molecule has 13 amide bonds. The van der Waals surface area contributed by atoms with Gasteiger partial charge < -0.3 is 115 Å². The standard InChI is InChI=1S/C72H118N14O22/c1-9-10-11-12-13-14-15-16-17-18-19-22-46-34-54(95)80-58(41(6)88)67(102)76-39(4)63(98)79-49(33-44-25-27-45(91)28-26-44)64(99)81-57(38(2)3)70(105)85-31-21-24-50(85)65(100)82-59(42(7)89)68(103)83-60(43(8)90)71(106)86-32-29-51(92)62(86)69(104)84-61(52(93)36-53(74)94)66(101)75-37-56(97)78-48(40(5)87)35-55(96)77-47(23-20-30-73)72(107)108-46/h25-28,38-43,46-52,57-62,87-93H,9-24,29-37,73H2,1-8H3,(H2,74,94)(H,75,101)(H,76,102)(H,77,96)(H,78,97)(H,79,98)(H,80,95)(H,81,99)(H,82,100)(H,83,103)(H,84,104). The molecular weight excluding hydrogens is 1410 g/mol. The van der Waals surface area contributed by atoms with E-state index in [0.717, 1.165) is 68.6 Å². The van der Waals surface area contributed by atoms with Gasteiger partial charge in [0.15, 0.2) is 0 Å². The third-order valence-electron chi connectivity index (χ3n) is 19.2. The number of nitrogens with zero attached hydrogens (tertiary/aromatic N) is 2. The Morgan fingerprint density at radius 3 is 1.66 bits per heavy atom. The Labute approximate surface area is 629 Å². The highest BCUT2D eigenvalue weighted by molar-refractivity contribution is 6.00. The number of aromatic hydroxyl groups is 1. The average Bonchev–Trinajstić information content (AvgIpc) is 1.62. The SMILES string of the molecule is CCCCCCCCCCCCCC1CC(=O)NC(C(C)O)C(=O)NC(C)C(=O)NC(Cc2ccc(O)cc2)C(=O)NC(C(C)C)C(=O)N2CCCC2C(=O)NC(C(C)O)C(=O)NC(C(C)O)C(=O)N2CCC(O)C2C(=O)NC(C(O)CC(N)=O)C(=O)NCC(=O)NC(C(C)O)CC(=O)NC(CCCN)C(=O)O1. The number of hydrogen-bond acceptors (Lipinski definition) is 23. The lowest BCUT2D eigenvalue weighted by atomic mass is 9.99. The summed E-state index contributed by atoms with van der Waals surface area (Å²) in [5.41, 5.74) is 11.6. The van der Waals surface area contributed by atoms with Crippen LogP contribution in [-0.4, -0.2) is 264 Å². The summed E-state index contributed by atoms with van der Waals surface area (Å²) in [5, 5.41) is 100. The van der Waals surface area contributed by atoms with Crippen molar-refractivity contribution in [3.8, 4) is 5.75 Å². The molecule has 36 heteroatoms. The Kier molecular flexibility index (Phi) is 39.0. The lowest BCUT2D eigenvalue weighted by Crippen LogP contribution is -2.64. The van der Waals surface area contributed by atoms with E-state index in [9.17, 15) is 103 Å². The van der Waals surface area contributed by atoms with Crippen LogP contribution in [0.1, 0.15) is 189 Å². The largest absolute Gasteiger partial charge is 0.508 e. The number of benzene rings is 1. The Balaban J connectivity index is 1.77. The van der Waals surface area contributed by atoms with Crippen molar-refractivity contribution in [3.63, 3.8) is 0 Å². The topological polar surface area (TPSA) is 569 Å². The number of aliphatic hydroxyl groups is 6. The van der Waals surface area contributed by atoms with E-state index in [0.29, 0.717) is 18.4 Å². The number of carbonyl (C=O) groups is 14. The lowest BCUT2D eigenvalue weighted by molar-refractivity contribution is -0.155. The van der Waals surface area contributed by atoms with Crippen LogP contribution in [0.5, 0.6) is 5.75 Å². The maximum absolute atomic E-state index is 14.7. The minimum atomic E-state index is -2.17. The van der Waals surface area contributed by atoms with Crippen LogP contribution >= 0.6 is 0 Å². The average molecular weight is 1530 g/mol. The molecule has 1 aromatic rings. The number of nitrogens with one attached hydrogen (secondary N) is 10. The van der Waals surface area contributed by atoms with Gasteiger partial charge >= 0.3 is 5.97 Å². The summed E-state index contributed by atoms with van der Waals surface area (Å²) in [5.74, 6) is -15.8. The van der Waals surface area contributed by atoms with Gasteiger partial charge in [-0.1, -0.05) is 97.1 Å². The number of carbonyl (C=O) groups excluding carboxylic acids is 14. The van der Waals surface area contributed by atoms with E-state index in [2.05, 4.69) is 60.1 Å². The highest BCUT2D eigenvalue weighted by Gasteiger charge is 2.48. The summed E-state index contributed by atoms with van der Waals surface area (Å²) < 4.78 is 5.97. The van der Waals surface area contributed by atoms with Gasteiger partial charge in [-0.15, -0.1) is 0 Å². The van der Waals surface area contributed by atoms with Crippen LogP contribution in [0, 0.1) is 5.92 Å². The van der Waals surface area contributed by atoms with Crippen LogP contribution < -0.4 is 64.6 Å². The number of ether oxygens (including phenoxy) is 1. The Morgan fingerprint density at radius 1 is 0.537 bits per heavy atom. The van der Waals surface area contributed by atoms with Crippen molar-refractivity contribution in [1.29, 1.82) is 0 Å². The van der Waals surface area contributed by atoms with Crippen molar-refractivity contribution in [1.82, 2.24) is 63.0 Å². The molecule has 3 fully saturated rings. The molecule has 0 bridgehead atoms. The number of rotatable bonds is 25. The number of aliphatic hydroxyl groups excluding tert-OH is 6. The van der Waals surface area contributed by atoms with E-state index in [1.807, 2.05) is 0 Å². The van der Waals surface area contributed by atoms with Gasteiger partial charge in [-0.3, -0.25) is 62.3 Å². The number of primary amides is 1. The number of cyclic esters (lactones) is 1. The summed E-state index contributed by atoms with van der Waals surface area (Å²) >= 11 is 0. The summed E-state index contributed by atoms with van der Waals surface area (Å²) in [7, 11) is 0. The maximum Gasteiger partial charge on any atom is 0.328 e. The molecule has 0 radical (unpaired) electrons. The van der Waals surface area contributed by atoms with Crippen LogP contribution in [0.15, 0.2) is 24.3 Å². The zero-order valence-electron chi connectivity index (χ0n) is 63.3. The fraction of sp³-hybridized carbons (Fsp3) is 0.722. The molecule has 3 saturated heterocycles. The quantitative estimate of drug-likeness (QED) is 0.0327. The molecule has 4 rings (SSSR count). The van der Waals surface area contributed by atoms with Crippen LogP contribution in [0.3, 0.4) is 0 Å². The van der Waals surface area contributed by atoms with Crippen LogP contribution in [0.2, 0.25) is 0 Å². The minimum Gasteiger partial charge on any atom is -0.508 e. The molecule has 0 spiro atoms. The Bertz CT molecular complexity index is 3180. The van der Waals surface area contributed by atoms with Gasteiger partial charge in [0.25, 0.3) is 0 Å². The van der Waals surface area contributed by atoms with Gasteiger partial charge in [-0.05, 0) is 110 Å². The number of hydrogen-bond donors (Lipinski definition) is 19. The predicted octanol–water partition coefficient (Wildman–Crippen LogP) is -4.05. The summed E-state index contributed by atoms with van der Waals surface area (Å²) in [6.07, 6.45) is -3.52. The molecule has 0 aliphatic carbocycles. The minimum absolute atomic E-state index is 0.00258. The maximum atomic E-state index is 14.7. The molecule has 1 aromatic carbocycles. The van der Waals surface area contributed by atoms with Gasteiger partial charge in [-0.2, -0.15) is 0 Å². The van der Waals surface area contributed by atoms with E-state index < -0.39 is 230 Å². The first-order valence-electron chi connectivity index (χ1n) is 37.6. The number of phenols is 1. The summed E-state index contributed by atoms with van der Waals surface area (Å²) in [6.45, 7) is 9.71. The van der Waals surface area contributed by atoms with E-state index in [4.69, 9.17) is 16.2 Å². The lowest BCUT2D eigenvalue weighted by Gasteiger charge is -2.34. The van der Waals surface area contributed by atoms with Crippen molar-refractivity contribution in [2.24, 2.45) is 17.4 Å².